The molecule has 2 N–H and O–H groups in total. The molecule has 2 aromatic rings. The first-order valence-corrected chi connectivity index (χ1v) is 8.94. The van der Waals surface area contributed by atoms with Crippen LogP contribution in [0.5, 0.6) is 5.75 Å². The molecule has 142 valence electrons. The number of methoxy groups -OCH3 is 1. The number of carbonyl (C=O) groups is 2. The van der Waals surface area contributed by atoms with E-state index in [9.17, 15) is 9.59 Å². The Hall–Kier alpha value is -2.64. The van der Waals surface area contributed by atoms with Gasteiger partial charge in [0.05, 0.1) is 29.4 Å². The number of aromatic nitrogens is 1. The average Bonchev–Trinajstić information content (AvgIpc) is 3.20. The number of benzene rings is 1. The SMILES string of the molecule is COc1ccc(NC(=O)c2cncc(C(=O)NCC3CCCO3)c2)cc1Cl. The number of hydrogen-bond donors (Lipinski definition) is 2. The summed E-state index contributed by atoms with van der Waals surface area (Å²) < 4.78 is 10.6. The molecule has 2 amide bonds. The van der Waals surface area contributed by atoms with Crippen molar-refractivity contribution < 1.29 is 19.1 Å². The maximum Gasteiger partial charge on any atom is 0.257 e. The number of rotatable bonds is 6. The van der Waals surface area contributed by atoms with Gasteiger partial charge in [0.1, 0.15) is 5.75 Å². The zero-order valence-corrected chi connectivity index (χ0v) is 15.6. The van der Waals surface area contributed by atoms with Crippen LogP contribution in [0.15, 0.2) is 36.7 Å². The van der Waals surface area contributed by atoms with E-state index in [2.05, 4.69) is 15.6 Å². The van der Waals surface area contributed by atoms with Gasteiger partial charge in [0.15, 0.2) is 0 Å². The molecule has 1 aliphatic rings. The lowest BCUT2D eigenvalue weighted by atomic mass is 10.1. The normalized spacial score (nSPS) is 16.0. The molecule has 1 atom stereocenters. The molecule has 0 saturated carbocycles. The van der Waals surface area contributed by atoms with Gasteiger partial charge in [-0.05, 0) is 37.1 Å². The fourth-order valence-corrected chi connectivity index (χ4v) is 3.01. The summed E-state index contributed by atoms with van der Waals surface area (Å²) in [5.74, 6) is -0.168. The van der Waals surface area contributed by atoms with Gasteiger partial charge in [-0.15, -0.1) is 0 Å². The number of ether oxygens (including phenoxy) is 2. The van der Waals surface area contributed by atoms with E-state index in [1.165, 1.54) is 25.6 Å². The van der Waals surface area contributed by atoms with E-state index in [4.69, 9.17) is 21.1 Å². The van der Waals surface area contributed by atoms with E-state index < -0.39 is 5.91 Å². The zero-order valence-electron chi connectivity index (χ0n) is 14.8. The van der Waals surface area contributed by atoms with Crippen LogP contribution in [-0.2, 0) is 4.74 Å². The van der Waals surface area contributed by atoms with Crippen molar-refractivity contribution in [3.63, 3.8) is 0 Å². The Kier molecular flexibility index (Phi) is 6.26. The van der Waals surface area contributed by atoms with Gasteiger partial charge in [-0.25, -0.2) is 0 Å². The van der Waals surface area contributed by atoms with Crippen molar-refractivity contribution in [2.75, 3.05) is 25.6 Å². The molecular weight excluding hydrogens is 370 g/mol. The van der Waals surface area contributed by atoms with Gasteiger partial charge in [0, 0.05) is 31.2 Å². The predicted molar refractivity (Wildman–Crippen MR) is 102 cm³/mol. The van der Waals surface area contributed by atoms with Crippen LogP contribution < -0.4 is 15.4 Å². The van der Waals surface area contributed by atoms with Crippen LogP contribution in [0, 0.1) is 0 Å². The summed E-state index contributed by atoms with van der Waals surface area (Å²) in [6.45, 7) is 1.17. The van der Waals surface area contributed by atoms with Gasteiger partial charge in [-0.1, -0.05) is 11.6 Å². The van der Waals surface area contributed by atoms with E-state index in [0.717, 1.165) is 19.4 Å². The van der Waals surface area contributed by atoms with E-state index in [-0.39, 0.29) is 17.6 Å². The number of anilines is 1. The lowest BCUT2D eigenvalue weighted by Crippen LogP contribution is -2.32. The number of pyridine rings is 1. The number of nitrogens with one attached hydrogen (secondary N) is 2. The quantitative estimate of drug-likeness (QED) is 0.792. The van der Waals surface area contributed by atoms with Crippen molar-refractivity contribution in [2.24, 2.45) is 0 Å². The monoisotopic (exact) mass is 389 g/mol. The molecule has 1 unspecified atom stereocenters. The third-order valence-electron chi connectivity index (χ3n) is 4.19. The zero-order chi connectivity index (χ0) is 19.2. The van der Waals surface area contributed by atoms with Crippen molar-refractivity contribution in [2.45, 2.75) is 18.9 Å². The number of hydrogen-bond acceptors (Lipinski definition) is 5. The summed E-state index contributed by atoms with van der Waals surface area (Å²) in [6, 6.07) is 6.42. The Morgan fingerprint density at radius 1 is 1.26 bits per heavy atom. The minimum absolute atomic E-state index is 0.0493. The third-order valence-corrected chi connectivity index (χ3v) is 4.48. The van der Waals surface area contributed by atoms with Gasteiger partial charge in [-0.3, -0.25) is 14.6 Å². The van der Waals surface area contributed by atoms with Crippen molar-refractivity contribution >= 4 is 29.1 Å². The van der Waals surface area contributed by atoms with Crippen LogP contribution in [0.1, 0.15) is 33.6 Å². The van der Waals surface area contributed by atoms with Gasteiger partial charge >= 0.3 is 0 Å². The summed E-state index contributed by atoms with van der Waals surface area (Å²) in [4.78, 5) is 28.7. The minimum Gasteiger partial charge on any atom is -0.495 e. The van der Waals surface area contributed by atoms with E-state index in [1.807, 2.05) is 0 Å². The highest BCUT2D eigenvalue weighted by atomic mass is 35.5. The summed E-state index contributed by atoms with van der Waals surface area (Å²) in [6.07, 6.45) is 4.81. The molecule has 0 bridgehead atoms. The van der Waals surface area contributed by atoms with Crippen molar-refractivity contribution in [3.05, 3.63) is 52.8 Å². The molecule has 3 rings (SSSR count). The van der Waals surface area contributed by atoms with Crippen LogP contribution in [-0.4, -0.2) is 43.2 Å². The van der Waals surface area contributed by atoms with Gasteiger partial charge < -0.3 is 20.1 Å². The Morgan fingerprint density at radius 3 is 2.70 bits per heavy atom. The van der Waals surface area contributed by atoms with E-state index in [0.29, 0.717) is 28.6 Å². The third kappa shape index (κ3) is 4.96. The molecule has 8 heteroatoms. The molecule has 1 aromatic carbocycles. The molecule has 1 aromatic heterocycles. The second kappa shape index (κ2) is 8.83. The highest BCUT2D eigenvalue weighted by Gasteiger charge is 2.17. The number of nitrogens with zero attached hydrogens (tertiary/aromatic N) is 1. The lowest BCUT2D eigenvalue weighted by molar-refractivity contribution is 0.0857. The summed E-state index contributed by atoms with van der Waals surface area (Å²) in [5.41, 5.74) is 1.10. The number of amides is 2. The minimum atomic E-state index is -0.391. The first-order chi connectivity index (χ1) is 13.1. The molecular formula is C19H20ClN3O4. The van der Waals surface area contributed by atoms with Crippen molar-refractivity contribution in [1.82, 2.24) is 10.3 Å². The highest BCUT2D eigenvalue weighted by molar-refractivity contribution is 6.32. The predicted octanol–water partition coefficient (Wildman–Crippen LogP) is 2.90. The van der Waals surface area contributed by atoms with E-state index in [1.54, 1.807) is 18.2 Å². The fraction of sp³-hybridized carbons (Fsp3) is 0.316. The van der Waals surface area contributed by atoms with Gasteiger partial charge in [0.25, 0.3) is 11.8 Å². The maximum absolute atomic E-state index is 12.4. The molecule has 0 aliphatic carbocycles. The second-order valence-electron chi connectivity index (χ2n) is 6.11. The van der Waals surface area contributed by atoms with Crippen LogP contribution in [0.3, 0.4) is 0 Å². The van der Waals surface area contributed by atoms with Gasteiger partial charge in [-0.2, -0.15) is 0 Å². The van der Waals surface area contributed by atoms with Crippen LogP contribution in [0.4, 0.5) is 5.69 Å². The van der Waals surface area contributed by atoms with Crippen LogP contribution in [0.2, 0.25) is 5.02 Å². The molecule has 1 fully saturated rings. The summed E-state index contributed by atoms with van der Waals surface area (Å²) in [5, 5.41) is 5.92. The molecule has 27 heavy (non-hydrogen) atoms. The average molecular weight is 390 g/mol. The lowest BCUT2D eigenvalue weighted by Gasteiger charge is -2.11. The smallest absolute Gasteiger partial charge is 0.257 e. The highest BCUT2D eigenvalue weighted by Crippen LogP contribution is 2.27. The van der Waals surface area contributed by atoms with Gasteiger partial charge in [0.2, 0.25) is 0 Å². The maximum atomic E-state index is 12.4. The Bertz CT molecular complexity index is 837. The molecule has 1 saturated heterocycles. The largest absolute Gasteiger partial charge is 0.495 e. The molecule has 0 spiro atoms. The Balaban J connectivity index is 1.64. The number of carbonyl (C=O) groups excluding carboxylic acids is 2. The molecule has 0 radical (unpaired) electrons. The first kappa shape index (κ1) is 19.1. The topological polar surface area (TPSA) is 89.5 Å². The molecule has 2 heterocycles. The van der Waals surface area contributed by atoms with Crippen molar-refractivity contribution in [3.8, 4) is 5.75 Å². The second-order valence-corrected chi connectivity index (χ2v) is 6.52. The van der Waals surface area contributed by atoms with Crippen LogP contribution >= 0.6 is 11.6 Å². The molecule has 7 nitrogen and oxygen atoms in total. The standard InChI is InChI=1S/C19H20ClN3O4/c1-26-17-5-4-14(8-16(17)20)23-19(25)13-7-12(9-21-10-13)18(24)22-11-15-3-2-6-27-15/h4-5,7-10,15H,2-3,6,11H2,1H3,(H,22,24)(H,23,25). The fourth-order valence-electron chi connectivity index (χ4n) is 2.75. The Morgan fingerprint density at radius 2 is 2.04 bits per heavy atom. The van der Waals surface area contributed by atoms with E-state index >= 15 is 0 Å². The number of halogens is 1. The van der Waals surface area contributed by atoms with Crippen LogP contribution in [0.25, 0.3) is 0 Å². The Labute approximate surface area is 162 Å². The molecule has 1 aliphatic heterocycles. The summed E-state index contributed by atoms with van der Waals surface area (Å²) >= 11 is 6.06. The summed E-state index contributed by atoms with van der Waals surface area (Å²) in [7, 11) is 1.51. The van der Waals surface area contributed by atoms with Crippen molar-refractivity contribution in [1.29, 1.82) is 0 Å². The first-order valence-electron chi connectivity index (χ1n) is 8.56.